The summed E-state index contributed by atoms with van der Waals surface area (Å²) in [7, 11) is 1.89. The zero-order chi connectivity index (χ0) is 13.8. The van der Waals surface area contributed by atoms with Gasteiger partial charge in [-0.3, -0.25) is 4.79 Å². The van der Waals surface area contributed by atoms with Crippen LogP contribution in [0, 0.1) is 5.92 Å². The van der Waals surface area contributed by atoms with Crippen molar-refractivity contribution in [3.05, 3.63) is 5.01 Å². The molecule has 1 heterocycles. The van der Waals surface area contributed by atoms with E-state index in [1.54, 1.807) is 0 Å². The van der Waals surface area contributed by atoms with Crippen molar-refractivity contribution in [2.75, 3.05) is 18.9 Å². The Balaban J connectivity index is 2.04. The summed E-state index contributed by atoms with van der Waals surface area (Å²) in [6.45, 7) is 5.02. The summed E-state index contributed by atoms with van der Waals surface area (Å²) in [5.41, 5.74) is 0. The van der Waals surface area contributed by atoms with E-state index in [2.05, 4.69) is 22.4 Å². The predicted molar refractivity (Wildman–Crippen MR) is 77.6 cm³/mol. The number of rotatable bonds is 4. The van der Waals surface area contributed by atoms with Crippen molar-refractivity contribution < 1.29 is 4.79 Å². The van der Waals surface area contributed by atoms with Gasteiger partial charge in [0.05, 0.1) is 0 Å². The van der Waals surface area contributed by atoms with Crippen LogP contribution in [0.5, 0.6) is 0 Å². The molecular formula is C13H22N4OS. The molecule has 2 unspecified atom stereocenters. The van der Waals surface area contributed by atoms with Gasteiger partial charge >= 0.3 is 0 Å². The molecule has 1 aliphatic carbocycles. The van der Waals surface area contributed by atoms with E-state index < -0.39 is 0 Å². The number of carbonyl (C=O) groups is 1. The van der Waals surface area contributed by atoms with Crippen molar-refractivity contribution >= 4 is 22.4 Å². The Hall–Kier alpha value is -1.17. The number of aromatic nitrogens is 2. The van der Waals surface area contributed by atoms with Gasteiger partial charge in [0, 0.05) is 19.6 Å². The van der Waals surface area contributed by atoms with Gasteiger partial charge in [-0.15, -0.1) is 10.2 Å². The highest BCUT2D eigenvalue weighted by Gasteiger charge is 2.29. The summed E-state index contributed by atoms with van der Waals surface area (Å²) in [6.07, 6.45) is 4.80. The van der Waals surface area contributed by atoms with Crippen LogP contribution in [0.2, 0.25) is 0 Å². The number of hydrogen-bond acceptors (Lipinski definition) is 5. The van der Waals surface area contributed by atoms with Gasteiger partial charge in [-0.2, -0.15) is 0 Å². The lowest BCUT2D eigenvalue weighted by molar-refractivity contribution is 0.0628. The molecule has 1 aromatic heterocycles. The van der Waals surface area contributed by atoms with E-state index in [4.69, 9.17) is 0 Å². The summed E-state index contributed by atoms with van der Waals surface area (Å²) in [6, 6.07) is 0.340. The van der Waals surface area contributed by atoms with Gasteiger partial charge in [0.25, 0.3) is 5.91 Å². The van der Waals surface area contributed by atoms with Crippen molar-refractivity contribution in [1.29, 1.82) is 0 Å². The highest BCUT2D eigenvalue weighted by atomic mass is 32.1. The van der Waals surface area contributed by atoms with Crippen LogP contribution in [0.4, 0.5) is 5.13 Å². The molecule has 1 aromatic rings. The number of anilines is 1. The molecule has 19 heavy (non-hydrogen) atoms. The topological polar surface area (TPSA) is 58.1 Å². The molecule has 5 nitrogen and oxygen atoms in total. The van der Waals surface area contributed by atoms with E-state index in [9.17, 15) is 4.79 Å². The van der Waals surface area contributed by atoms with Gasteiger partial charge in [-0.05, 0) is 25.7 Å². The lowest BCUT2D eigenvalue weighted by Gasteiger charge is -2.35. The Kier molecular flexibility index (Phi) is 4.74. The molecule has 2 rings (SSSR count). The van der Waals surface area contributed by atoms with E-state index in [0.29, 0.717) is 17.0 Å². The molecule has 0 radical (unpaired) electrons. The minimum atomic E-state index is 0.000373. The van der Waals surface area contributed by atoms with E-state index in [1.807, 2.05) is 18.9 Å². The molecule has 1 fully saturated rings. The third-order valence-electron chi connectivity index (χ3n) is 3.82. The van der Waals surface area contributed by atoms with Crippen molar-refractivity contribution in [2.45, 2.75) is 45.6 Å². The maximum Gasteiger partial charge on any atom is 0.284 e. The first-order valence-electron chi connectivity index (χ1n) is 6.98. The van der Waals surface area contributed by atoms with Crippen LogP contribution >= 0.6 is 11.3 Å². The second kappa shape index (κ2) is 6.32. The molecule has 0 saturated heterocycles. The minimum absolute atomic E-state index is 0.000373. The van der Waals surface area contributed by atoms with Gasteiger partial charge in [0.15, 0.2) is 0 Å². The Bertz CT molecular complexity index is 434. The third kappa shape index (κ3) is 3.23. The maximum absolute atomic E-state index is 12.4. The molecule has 2 atom stereocenters. The number of carbonyl (C=O) groups excluding carboxylic acids is 1. The first-order valence-corrected chi connectivity index (χ1v) is 7.79. The molecule has 0 bridgehead atoms. The van der Waals surface area contributed by atoms with Crippen molar-refractivity contribution in [1.82, 2.24) is 15.1 Å². The lowest BCUT2D eigenvalue weighted by atomic mass is 9.85. The number of hydrogen-bond donors (Lipinski definition) is 1. The molecule has 1 N–H and O–H groups in total. The van der Waals surface area contributed by atoms with E-state index in [1.165, 1.54) is 30.6 Å². The van der Waals surface area contributed by atoms with Crippen LogP contribution in [0.3, 0.4) is 0 Å². The normalized spacial score (nSPS) is 23.1. The molecule has 106 valence electrons. The maximum atomic E-state index is 12.4. The summed E-state index contributed by atoms with van der Waals surface area (Å²) in [5.74, 6) is 0.573. The number of amides is 1. The van der Waals surface area contributed by atoms with Crippen molar-refractivity contribution in [3.8, 4) is 0 Å². The van der Waals surface area contributed by atoms with Gasteiger partial charge in [0.2, 0.25) is 10.1 Å². The summed E-state index contributed by atoms with van der Waals surface area (Å²) in [5, 5.41) is 12.3. The first-order chi connectivity index (χ1) is 9.13. The Morgan fingerprint density at radius 3 is 2.84 bits per heavy atom. The number of nitrogens with one attached hydrogen (secondary N) is 1. The van der Waals surface area contributed by atoms with Gasteiger partial charge < -0.3 is 10.2 Å². The lowest BCUT2D eigenvalue weighted by Crippen LogP contribution is -2.42. The van der Waals surface area contributed by atoms with E-state index >= 15 is 0 Å². The fourth-order valence-electron chi connectivity index (χ4n) is 2.71. The summed E-state index contributed by atoms with van der Waals surface area (Å²) in [4.78, 5) is 14.3. The minimum Gasteiger partial charge on any atom is -0.360 e. The average molecular weight is 282 g/mol. The molecular weight excluding hydrogens is 260 g/mol. The van der Waals surface area contributed by atoms with Crippen molar-refractivity contribution in [2.24, 2.45) is 5.92 Å². The molecule has 1 aliphatic rings. The molecule has 1 amide bonds. The van der Waals surface area contributed by atoms with Crippen LogP contribution in [0.15, 0.2) is 0 Å². The van der Waals surface area contributed by atoms with Crippen LogP contribution in [0.25, 0.3) is 0 Å². The smallest absolute Gasteiger partial charge is 0.284 e. The Morgan fingerprint density at radius 1 is 1.42 bits per heavy atom. The van der Waals surface area contributed by atoms with Crippen LogP contribution < -0.4 is 5.32 Å². The van der Waals surface area contributed by atoms with Crippen LogP contribution in [0.1, 0.15) is 49.3 Å². The van der Waals surface area contributed by atoms with E-state index in [0.717, 1.165) is 18.1 Å². The second-order valence-electron chi connectivity index (χ2n) is 5.19. The Morgan fingerprint density at radius 2 is 2.16 bits per heavy atom. The second-order valence-corrected chi connectivity index (χ2v) is 6.17. The quantitative estimate of drug-likeness (QED) is 0.922. The fraction of sp³-hybridized carbons (Fsp3) is 0.769. The van der Waals surface area contributed by atoms with Crippen LogP contribution in [-0.2, 0) is 0 Å². The first kappa shape index (κ1) is 14.2. The fourth-order valence-corrected chi connectivity index (χ4v) is 3.50. The zero-order valence-electron chi connectivity index (χ0n) is 11.8. The van der Waals surface area contributed by atoms with Crippen molar-refractivity contribution in [3.63, 3.8) is 0 Å². The molecule has 0 spiro atoms. The highest BCUT2D eigenvalue weighted by molar-refractivity contribution is 7.17. The van der Waals surface area contributed by atoms with Gasteiger partial charge in [-0.25, -0.2) is 0 Å². The molecule has 0 aromatic carbocycles. The standard InChI is InChI=1S/C13H22N4OS/c1-4-14-13-16-15-11(19-13)12(18)17(3)10-8-6-5-7-9(10)2/h9-10H,4-8H2,1-3H3,(H,14,16). The van der Waals surface area contributed by atoms with Crippen LogP contribution in [-0.4, -0.2) is 40.6 Å². The number of nitrogens with zero attached hydrogens (tertiary/aromatic N) is 3. The highest BCUT2D eigenvalue weighted by Crippen LogP contribution is 2.28. The monoisotopic (exact) mass is 282 g/mol. The summed E-state index contributed by atoms with van der Waals surface area (Å²) < 4.78 is 0. The molecule has 1 saturated carbocycles. The zero-order valence-corrected chi connectivity index (χ0v) is 12.7. The third-order valence-corrected chi connectivity index (χ3v) is 4.69. The van der Waals surface area contributed by atoms with Gasteiger partial charge in [0.1, 0.15) is 0 Å². The predicted octanol–water partition coefficient (Wildman–Crippen LogP) is 2.62. The van der Waals surface area contributed by atoms with E-state index in [-0.39, 0.29) is 5.91 Å². The molecule has 0 aliphatic heterocycles. The molecule has 6 heteroatoms. The summed E-state index contributed by atoms with van der Waals surface area (Å²) >= 11 is 1.33. The Labute approximate surface area is 118 Å². The average Bonchev–Trinajstić information content (AvgIpc) is 2.87. The largest absolute Gasteiger partial charge is 0.360 e. The SMILES string of the molecule is CCNc1nnc(C(=O)N(C)C2CCCCC2C)s1. The van der Waals surface area contributed by atoms with Gasteiger partial charge in [-0.1, -0.05) is 31.1 Å².